The van der Waals surface area contributed by atoms with Crippen molar-refractivity contribution >= 4 is 28.1 Å². The van der Waals surface area contributed by atoms with Crippen LogP contribution in [0.15, 0.2) is 49.3 Å². The molecule has 5 rings (SSSR count). The SMILES string of the molecule is CN(C)c1ncc(-c2cnc3[nH]cc(-c4ccc5ncn(C(C)(C)C)c5c4)c3n2)cn1. The minimum absolute atomic E-state index is 0.0563. The number of H-pyrrole nitrogens is 1. The molecule has 1 aromatic carbocycles. The van der Waals surface area contributed by atoms with Crippen molar-refractivity contribution in [3.8, 4) is 22.4 Å². The third kappa shape index (κ3) is 3.30. The van der Waals surface area contributed by atoms with E-state index in [1.807, 2.05) is 31.5 Å². The molecule has 0 aliphatic rings. The highest BCUT2D eigenvalue weighted by Crippen LogP contribution is 2.31. The molecule has 0 radical (unpaired) electrons. The van der Waals surface area contributed by atoms with Crippen molar-refractivity contribution in [2.75, 3.05) is 19.0 Å². The third-order valence-corrected chi connectivity index (χ3v) is 5.30. The number of nitrogens with one attached hydrogen (secondary N) is 1. The molecule has 0 saturated heterocycles. The number of rotatable bonds is 3. The molecule has 0 aliphatic heterocycles. The van der Waals surface area contributed by atoms with Gasteiger partial charge in [0, 0.05) is 49.4 Å². The van der Waals surface area contributed by atoms with Gasteiger partial charge in [0.1, 0.15) is 5.52 Å². The molecule has 0 fully saturated rings. The molecule has 5 aromatic rings. The fraction of sp³-hybridized carbons (Fsp3) is 0.261. The molecule has 156 valence electrons. The normalized spacial score (nSPS) is 12.0. The van der Waals surface area contributed by atoms with Gasteiger partial charge >= 0.3 is 0 Å². The fourth-order valence-electron chi connectivity index (χ4n) is 3.64. The minimum Gasteiger partial charge on any atom is -0.347 e. The maximum Gasteiger partial charge on any atom is 0.224 e. The standard InChI is InChI=1S/C23H24N8/c1-23(2,3)31-13-28-17-7-6-14(8-19(17)31)16-11-24-21-20(16)29-18(12-25-21)15-9-26-22(27-10-15)30(4)5/h6-13H,1-5H3,(H,24,25). The Morgan fingerprint density at radius 3 is 2.42 bits per heavy atom. The van der Waals surface area contributed by atoms with Gasteiger partial charge in [0.2, 0.25) is 5.95 Å². The number of anilines is 1. The number of benzene rings is 1. The van der Waals surface area contributed by atoms with Gasteiger partial charge in [0.15, 0.2) is 5.65 Å². The molecule has 4 aromatic heterocycles. The van der Waals surface area contributed by atoms with Gasteiger partial charge in [-0.15, -0.1) is 0 Å². The van der Waals surface area contributed by atoms with Crippen LogP contribution in [0, 0.1) is 0 Å². The van der Waals surface area contributed by atoms with E-state index in [1.165, 1.54) is 0 Å². The van der Waals surface area contributed by atoms with Crippen LogP contribution >= 0.6 is 0 Å². The van der Waals surface area contributed by atoms with Gasteiger partial charge in [-0.3, -0.25) is 0 Å². The van der Waals surface area contributed by atoms with Crippen LogP contribution in [0.3, 0.4) is 0 Å². The Bertz CT molecular complexity index is 1390. The monoisotopic (exact) mass is 412 g/mol. The summed E-state index contributed by atoms with van der Waals surface area (Å²) < 4.78 is 2.20. The highest BCUT2D eigenvalue weighted by Gasteiger charge is 2.18. The predicted molar refractivity (Wildman–Crippen MR) is 123 cm³/mol. The van der Waals surface area contributed by atoms with Gasteiger partial charge < -0.3 is 14.5 Å². The summed E-state index contributed by atoms with van der Waals surface area (Å²) in [6.07, 6.45) is 9.16. The van der Waals surface area contributed by atoms with E-state index in [0.717, 1.165) is 44.6 Å². The van der Waals surface area contributed by atoms with Gasteiger partial charge in [0.05, 0.1) is 29.3 Å². The Morgan fingerprint density at radius 2 is 1.71 bits per heavy atom. The highest BCUT2D eigenvalue weighted by molar-refractivity contribution is 5.94. The third-order valence-electron chi connectivity index (χ3n) is 5.30. The van der Waals surface area contributed by atoms with Crippen molar-refractivity contribution < 1.29 is 0 Å². The average molecular weight is 413 g/mol. The van der Waals surface area contributed by atoms with Crippen LogP contribution in [0.25, 0.3) is 44.6 Å². The van der Waals surface area contributed by atoms with Crippen molar-refractivity contribution in [2.24, 2.45) is 0 Å². The summed E-state index contributed by atoms with van der Waals surface area (Å²) in [5, 5.41) is 0. The summed E-state index contributed by atoms with van der Waals surface area (Å²) in [7, 11) is 3.82. The van der Waals surface area contributed by atoms with Crippen LogP contribution in [-0.4, -0.2) is 48.6 Å². The second-order valence-electron chi connectivity index (χ2n) is 8.81. The number of aromatic amines is 1. The Morgan fingerprint density at radius 1 is 0.935 bits per heavy atom. The van der Waals surface area contributed by atoms with Crippen molar-refractivity contribution in [3.63, 3.8) is 0 Å². The fourth-order valence-corrected chi connectivity index (χ4v) is 3.64. The summed E-state index contributed by atoms with van der Waals surface area (Å²) in [4.78, 5) is 27.9. The van der Waals surface area contributed by atoms with Gasteiger partial charge in [-0.25, -0.2) is 24.9 Å². The smallest absolute Gasteiger partial charge is 0.224 e. The quantitative estimate of drug-likeness (QED) is 0.476. The van der Waals surface area contributed by atoms with E-state index in [9.17, 15) is 0 Å². The summed E-state index contributed by atoms with van der Waals surface area (Å²) in [6, 6.07) is 6.30. The molecule has 8 heteroatoms. The first-order chi connectivity index (χ1) is 14.8. The van der Waals surface area contributed by atoms with Crippen LogP contribution < -0.4 is 4.90 Å². The van der Waals surface area contributed by atoms with Gasteiger partial charge in [-0.1, -0.05) is 6.07 Å². The highest BCUT2D eigenvalue weighted by atomic mass is 15.2. The molecule has 0 amide bonds. The maximum absolute atomic E-state index is 4.89. The van der Waals surface area contributed by atoms with Crippen molar-refractivity contribution in [1.82, 2.24) is 34.5 Å². The van der Waals surface area contributed by atoms with E-state index in [0.29, 0.717) is 5.95 Å². The van der Waals surface area contributed by atoms with Crippen LogP contribution in [0.5, 0.6) is 0 Å². The van der Waals surface area contributed by atoms with E-state index in [2.05, 4.69) is 68.5 Å². The molecule has 1 N–H and O–H groups in total. The average Bonchev–Trinajstić information content (AvgIpc) is 3.36. The molecule has 0 saturated carbocycles. The zero-order chi connectivity index (χ0) is 21.8. The molecular weight excluding hydrogens is 388 g/mol. The molecule has 8 nitrogen and oxygen atoms in total. The number of imidazole rings is 1. The number of fused-ring (bicyclic) bond motifs is 2. The molecule has 0 unspecified atom stereocenters. The topological polar surface area (TPSA) is 88.4 Å². The van der Waals surface area contributed by atoms with Crippen molar-refractivity contribution in [3.05, 3.63) is 49.3 Å². The number of aromatic nitrogens is 7. The number of nitrogens with zero attached hydrogens (tertiary/aromatic N) is 7. The van der Waals surface area contributed by atoms with E-state index >= 15 is 0 Å². The van der Waals surface area contributed by atoms with Crippen LogP contribution in [0.4, 0.5) is 5.95 Å². The van der Waals surface area contributed by atoms with Crippen LogP contribution in [-0.2, 0) is 5.54 Å². The molecule has 31 heavy (non-hydrogen) atoms. The second-order valence-corrected chi connectivity index (χ2v) is 8.81. The van der Waals surface area contributed by atoms with Crippen LogP contribution in [0.2, 0.25) is 0 Å². The summed E-state index contributed by atoms with van der Waals surface area (Å²) >= 11 is 0. The van der Waals surface area contributed by atoms with E-state index in [-0.39, 0.29) is 5.54 Å². The van der Waals surface area contributed by atoms with E-state index in [1.54, 1.807) is 18.6 Å². The lowest BCUT2D eigenvalue weighted by Crippen LogP contribution is -2.20. The second kappa shape index (κ2) is 6.87. The van der Waals surface area contributed by atoms with Gasteiger partial charge in [-0.05, 0) is 38.5 Å². The largest absolute Gasteiger partial charge is 0.347 e. The first kappa shape index (κ1) is 19.2. The number of hydrogen-bond acceptors (Lipinski definition) is 6. The van der Waals surface area contributed by atoms with Crippen molar-refractivity contribution in [1.29, 1.82) is 0 Å². The van der Waals surface area contributed by atoms with Gasteiger partial charge in [-0.2, -0.15) is 0 Å². The lowest BCUT2D eigenvalue weighted by Gasteiger charge is -2.21. The predicted octanol–water partition coefficient (Wildman–Crippen LogP) is 4.25. The summed E-state index contributed by atoms with van der Waals surface area (Å²) in [5.74, 6) is 0.656. The van der Waals surface area contributed by atoms with Crippen molar-refractivity contribution in [2.45, 2.75) is 26.3 Å². The first-order valence-electron chi connectivity index (χ1n) is 10.1. The van der Waals surface area contributed by atoms with Crippen LogP contribution in [0.1, 0.15) is 20.8 Å². The van der Waals surface area contributed by atoms with E-state index < -0.39 is 0 Å². The minimum atomic E-state index is -0.0563. The maximum atomic E-state index is 4.89. The summed E-state index contributed by atoms with van der Waals surface area (Å²) in [5.41, 5.74) is 7.20. The Hall–Kier alpha value is -3.81. The Kier molecular flexibility index (Phi) is 4.25. The zero-order valence-corrected chi connectivity index (χ0v) is 18.2. The van der Waals surface area contributed by atoms with E-state index in [4.69, 9.17) is 4.98 Å². The van der Waals surface area contributed by atoms with Gasteiger partial charge in [0.25, 0.3) is 0 Å². The Labute approximate surface area is 180 Å². The molecule has 0 aliphatic carbocycles. The first-order valence-corrected chi connectivity index (χ1v) is 10.1. The zero-order valence-electron chi connectivity index (χ0n) is 18.2. The lowest BCUT2D eigenvalue weighted by atomic mass is 10.1. The molecule has 0 spiro atoms. The summed E-state index contributed by atoms with van der Waals surface area (Å²) in [6.45, 7) is 6.52. The lowest BCUT2D eigenvalue weighted by molar-refractivity contribution is 0.408. The molecule has 4 heterocycles. The molecule has 0 bridgehead atoms. The molecular formula is C23H24N8. The number of hydrogen-bond donors (Lipinski definition) is 1. The molecule has 0 atom stereocenters. The Balaban J connectivity index is 1.62.